The minimum atomic E-state index is -3.08. The van der Waals surface area contributed by atoms with Crippen molar-refractivity contribution in [3.05, 3.63) is 0 Å². The number of hydrogen-bond acceptors (Lipinski definition) is 5. The van der Waals surface area contributed by atoms with Gasteiger partial charge in [0.1, 0.15) is 6.61 Å². The van der Waals surface area contributed by atoms with E-state index in [1.807, 2.05) is 0 Å². The third-order valence-corrected chi connectivity index (χ3v) is 3.95. The van der Waals surface area contributed by atoms with Crippen LogP contribution >= 0.6 is 0 Å². The molecular formula is C15H27F2N3O4. The van der Waals surface area contributed by atoms with E-state index in [-0.39, 0.29) is 30.4 Å². The number of hydrogen-bond donors (Lipinski definition) is 3. The van der Waals surface area contributed by atoms with Crippen LogP contribution in [0, 0.1) is 5.92 Å². The molecule has 0 aromatic carbocycles. The molecule has 0 atom stereocenters. The monoisotopic (exact) mass is 351 g/mol. The Bertz CT molecular complexity index is 402. The van der Waals surface area contributed by atoms with E-state index in [1.54, 1.807) is 7.11 Å². The van der Waals surface area contributed by atoms with Crippen LogP contribution in [0.15, 0.2) is 0 Å². The van der Waals surface area contributed by atoms with E-state index in [0.29, 0.717) is 38.9 Å². The normalized spacial score (nSPS) is 21.3. The molecule has 9 heteroatoms. The number of carbonyl (C=O) groups excluding carboxylic acids is 2. The van der Waals surface area contributed by atoms with Crippen molar-refractivity contribution in [1.82, 2.24) is 10.6 Å². The quantitative estimate of drug-likeness (QED) is 0.482. The van der Waals surface area contributed by atoms with Crippen LogP contribution < -0.4 is 16.4 Å². The van der Waals surface area contributed by atoms with Crippen LogP contribution in [0.25, 0.3) is 0 Å². The van der Waals surface area contributed by atoms with E-state index in [1.165, 1.54) is 0 Å². The number of nitrogens with one attached hydrogen (secondary N) is 2. The van der Waals surface area contributed by atoms with Gasteiger partial charge in [0.05, 0.1) is 26.3 Å². The second-order valence-electron chi connectivity index (χ2n) is 5.94. The van der Waals surface area contributed by atoms with Crippen molar-refractivity contribution in [2.75, 3.05) is 40.0 Å². The van der Waals surface area contributed by atoms with Crippen molar-refractivity contribution < 1.29 is 27.8 Å². The van der Waals surface area contributed by atoms with Gasteiger partial charge in [0.2, 0.25) is 11.8 Å². The van der Waals surface area contributed by atoms with E-state index in [9.17, 15) is 18.4 Å². The average molecular weight is 351 g/mol. The molecule has 140 valence electrons. The zero-order valence-corrected chi connectivity index (χ0v) is 14.0. The maximum atomic E-state index is 13.0. The van der Waals surface area contributed by atoms with Gasteiger partial charge in [-0.2, -0.15) is 0 Å². The third kappa shape index (κ3) is 7.98. The number of alkyl halides is 2. The van der Waals surface area contributed by atoms with Gasteiger partial charge in [-0.25, -0.2) is 8.78 Å². The first-order chi connectivity index (χ1) is 11.4. The summed E-state index contributed by atoms with van der Waals surface area (Å²) in [5.41, 5.74) is 4.93. The van der Waals surface area contributed by atoms with Gasteiger partial charge in [-0.1, -0.05) is 0 Å². The highest BCUT2D eigenvalue weighted by Gasteiger charge is 2.31. The van der Waals surface area contributed by atoms with Crippen LogP contribution in [0.1, 0.15) is 25.7 Å². The van der Waals surface area contributed by atoms with Crippen LogP contribution in [0.5, 0.6) is 0 Å². The number of ether oxygens (including phenoxy) is 2. The van der Waals surface area contributed by atoms with Crippen LogP contribution in [0.3, 0.4) is 0 Å². The number of amides is 2. The van der Waals surface area contributed by atoms with Gasteiger partial charge in [-0.3, -0.25) is 9.59 Å². The predicted octanol–water partition coefficient (Wildman–Crippen LogP) is 0.0346. The molecule has 0 aromatic heterocycles. The molecule has 1 saturated carbocycles. The Kier molecular flexibility index (Phi) is 9.09. The predicted molar refractivity (Wildman–Crippen MR) is 83.6 cm³/mol. The van der Waals surface area contributed by atoms with Gasteiger partial charge in [0.15, 0.2) is 0 Å². The summed E-state index contributed by atoms with van der Waals surface area (Å²) in [5.74, 6) is -3.97. The van der Waals surface area contributed by atoms with Crippen molar-refractivity contribution in [3.8, 4) is 0 Å². The van der Waals surface area contributed by atoms with E-state index < -0.39 is 19.0 Å². The molecule has 0 radical (unpaired) electrons. The SMILES string of the molecule is COCCOCC(=O)NC1CCC(C(=O)NCC(F)(F)CN)CC1. The Labute approximate surface area is 140 Å². The lowest BCUT2D eigenvalue weighted by Crippen LogP contribution is -2.45. The number of carbonyl (C=O) groups is 2. The van der Waals surface area contributed by atoms with E-state index in [2.05, 4.69) is 10.6 Å². The molecule has 7 nitrogen and oxygen atoms in total. The Morgan fingerprint density at radius 2 is 1.88 bits per heavy atom. The summed E-state index contributed by atoms with van der Waals surface area (Å²) in [7, 11) is 1.55. The summed E-state index contributed by atoms with van der Waals surface area (Å²) in [6, 6.07) is -0.0157. The van der Waals surface area contributed by atoms with Crippen LogP contribution in [-0.4, -0.2) is 63.8 Å². The molecule has 0 unspecified atom stereocenters. The number of methoxy groups -OCH3 is 1. The molecule has 1 aliphatic rings. The Balaban J connectivity index is 2.21. The largest absolute Gasteiger partial charge is 0.382 e. The molecule has 0 aromatic rings. The minimum Gasteiger partial charge on any atom is -0.382 e. The van der Waals surface area contributed by atoms with Gasteiger partial charge in [0.25, 0.3) is 5.92 Å². The fraction of sp³-hybridized carbons (Fsp3) is 0.867. The Morgan fingerprint density at radius 1 is 1.21 bits per heavy atom. The lowest BCUT2D eigenvalue weighted by molar-refractivity contribution is -0.128. The molecule has 1 aliphatic carbocycles. The van der Waals surface area contributed by atoms with Gasteiger partial charge in [-0.15, -0.1) is 0 Å². The lowest BCUT2D eigenvalue weighted by atomic mass is 9.85. The van der Waals surface area contributed by atoms with Crippen molar-refractivity contribution in [1.29, 1.82) is 0 Å². The second-order valence-corrected chi connectivity index (χ2v) is 5.94. The molecule has 0 bridgehead atoms. The number of halogens is 2. The first-order valence-corrected chi connectivity index (χ1v) is 8.09. The van der Waals surface area contributed by atoms with E-state index in [0.717, 1.165) is 0 Å². The van der Waals surface area contributed by atoms with Gasteiger partial charge >= 0.3 is 0 Å². The summed E-state index contributed by atoms with van der Waals surface area (Å²) in [5, 5.41) is 5.10. The van der Waals surface area contributed by atoms with E-state index in [4.69, 9.17) is 15.2 Å². The summed E-state index contributed by atoms with van der Waals surface area (Å²) >= 11 is 0. The molecule has 0 heterocycles. The zero-order chi connectivity index (χ0) is 18.0. The molecule has 1 rings (SSSR count). The summed E-state index contributed by atoms with van der Waals surface area (Å²) in [6.07, 6.45) is 2.37. The Hall–Kier alpha value is -1.32. The number of nitrogens with two attached hydrogens (primary N) is 1. The summed E-state index contributed by atoms with van der Waals surface area (Å²) < 4.78 is 36.0. The average Bonchev–Trinajstić information content (AvgIpc) is 2.57. The highest BCUT2D eigenvalue weighted by molar-refractivity contribution is 5.79. The standard InChI is InChI=1S/C15H27F2N3O4/c1-23-6-7-24-8-13(21)20-12-4-2-11(3-5-12)14(22)19-10-15(16,17)9-18/h11-12H,2-10,18H2,1H3,(H,19,22)(H,20,21). The maximum absolute atomic E-state index is 13.0. The first kappa shape index (κ1) is 20.7. The van der Waals surface area contributed by atoms with Crippen molar-refractivity contribution in [2.45, 2.75) is 37.6 Å². The fourth-order valence-corrected chi connectivity index (χ4v) is 2.51. The smallest absolute Gasteiger partial charge is 0.277 e. The van der Waals surface area contributed by atoms with Gasteiger partial charge in [0, 0.05) is 19.1 Å². The first-order valence-electron chi connectivity index (χ1n) is 8.09. The van der Waals surface area contributed by atoms with Crippen LogP contribution in [0.4, 0.5) is 8.78 Å². The van der Waals surface area contributed by atoms with Crippen LogP contribution in [0.2, 0.25) is 0 Å². The third-order valence-electron chi connectivity index (χ3n) is 3.95. The molecule has 0 saturated heterocycles. The second kappa shape index (κ2) is 10.5. The summed E-state index contributed by atoms with van der Waals surface area (Å²) in [6.45, 7) is -0.783. The molecule has 4 N–H and O–H groups in total. The highest BCUT2D eigenvalue weighted by Crippen LogP contribution is 2.24. The zero-order valence-electron chi connectivity index (χ0n) is 14.0. The molecule has 24 heavy (non-hydrogen) atoms. The highest BCUT2D eigenvalue weighted by atomic mass is 19.3. The van der Waals surface area contributed by atoms with Gasteiger partial charge in [-0.05, 0) is 25.7 Å². The van der Waals surface area contributed by atoms with Crippen molar-refractivity contribution in [3.63, 3.8) is 0 Å². The topological polar surface area (TPSA) is 103 Å². The molecule has 0 spiro atoms. The maximum Gasteiger partial charge on any atom is 0.277 e. The van der Waals surface area contributed by atoms with Crippen molar-refractivity contribution >= 4 is 11.8 Å². The molecule has 0 aliphatic heterocycles. The number of rotatable bonds is 10. The summed E-state index contributed by atoms with van der Waals surface area (Å²) in [4.78, 5) is 23.6. The lowest BCUT2D eigenvalue weighted by Gasteiger charge is -2.28. The van der Waals surface area contributed by atoms with Crippen LogP contribution in [-0.2, 0) is 19.1 Å². The molecular weight excluding hydrogens is 324 g/mol. The molecule has 2 amide bonds. The van der Waals surface area contributed by atoms with E-state index >= 15 is 0 Å². The van der Waals surface area contributed by atoms with Crippen molar-refractivity contribution in [2.24, 2.45) is 11.7 Å². The molecule has 1 fully saturated rings. The minimum absolute atomic E-state index is 0.0157. The Morgan fingerprint density at radius 3 is 2.46 bits per heavy atom. The van der Waals surface area contributed by atoms with Gasteiger partial charge < -0.3 is 25.8 Å². The fourth-order valence-electron chi connectivity index (χ4n) is 2.51.